The van der Waals surface area contributed by atoms with Crippen LogP contribution in [0.5, 0.6) is 0 Å². The van der Waals surface area contributed by atoms with Crippen LogP contribution in [0, 0.1) is 11.8 Å². The fraction of sp³-hybridized carbons (Fsp3) is 0.556. The van der Waals surface area contributed by atoms with Crippen LogP contribution >= 0.6 is 11.3 Å². The molecule has 1 N–H and O–H groups in total. The lowest BCUT2D eigenvalue weighted by molar-refractivity contribution is -0.140. The van der Waals surface area contributed by atoms with Gasteiger partial charge >= 0.3 is 0 Å². The van der Waals surface area contributed by atoms with E-state index in [1.54, 1.807) is 11.3 Å². The molecular weight excluding hydrogens is 338 g/mol. The Bertz CT molecular complexity index is 705. The van der Waals surface area contributed by atoms with Crippen molar-refractivity contribution in [2.75, 3.05) is 11.9 Å². The number of hydrogen-bond donors (Lipinski definition) is 1. The molecule has 0 saturated carbocycles. The number of amides is 3. The number of fused-ring (bicyclic) bond motifs is 2. The lowest BCUT2D eigenvalue weighted by Gasteiger charge is -2.14. The van der Waals surface area contributed by atoms with Gasteiger partial charge < -0.3 is 5.32 Å². The number of rotatable bonds is 4. The summed E-state index contributed by atoms with van der Waals surface area (Å²) in [6, 6.07) is 0. The molecule has 4 rings (SSSR count). The summed E-state index contributed by atoms with van der Waals surface area (Å²) >= 11 is 1.54. The standard InChI is InChI=1S/C18H21N3O3S/c22-15(20-18-19-13-7-3-4-8-14(13)25-18)9-10-21-16(23)11-5-1-2-6-12(11)17(21)24/h1-2,11-12H,3-10H2,(H,19,20,22)/t11-,12+. The number of nitrogens with zero attached hydrogens (tertiary/aromatic N) is 2. The summed E-state index contributed by atoms with van der Waals surface area (Å²) in [5.74, 6) is -0.911. The van der Waals surface area contributed by atoms with Gasteiger partial charge in [0, 0.05) is 17.8 Å². The summed E-state index contributed by atoms with van der Waals surface area (Å²) in [6.45, 7) is 0.154. The van der Waals surface area contributed by atoms with Crippen molar-refractivity contribution in [1.82, 2.24) is 9.88 Å². The van der Waals surface area contributed by atoms with Gasteiger partial charge in [-0.1, -0.05) is 12.2 Å². The van der Waals surface area contributed by atoms with Gasteiger partial charge in [0.25, 0.3) is 0 Å². The van der Waals surface area contributed by atoms with Crippen molar-refractivity contribution in [3.63, 3.8) is 0 Å². The maximum absolute atomic E-state index is 12.4. The molecule has 25 heavy (non-hydrogen) atoms. The number of anilines is 1. The largest absolute Gasteiger partial charge is 0.302 e. The molecule has 132 valence electrons. The summed E-state index contributed by atoms with van der Waals surface area (Å²) < 4.78 is 0. The van der Waals surface area contributed by atoms with Gasteiger partial charge in [0.05, 0.1) is 17.5 Å². The zero-order valence-corrected chi connectivity index (χ0v) is 14.8. The van der Waals surface area contributed by atoms with Crippen LogP contribution in [0.25, 0.3) is 0 Å². The van der Waals surface area contributed by atoms with E-state index in [9.17, 15) is 14.4 Å². The Labute approximate surface area is 150 Å². The molecule has 0 bridgehead atoms. The molecule has 2 heterocycles. The van der Waals surface area contributed by atoms with E-state index in [0.717, 1.165) is 25.0 Å². The minimum Gasteiger partial charge on any atom is -0.302 e. The summed E-state index contributed by atoms with van der Waals surface area (Å²) in [7, 11) is 0. The van der Waals surface area contributed by atoms with Gasteiger partial charge in [0.2, 0.25) is 17.7 Å². The van der Waals surface area contributed by atoms with Crippen LogP contribution in [0.1, 0.15) is 42.7 Å². The normalized spacial score (nSPS) is 25.0. The van der Waals surface area contributed by atoms with Crippen LogP contribution in [0.4, 0.5) is 5.13 Å². The molecule has 3 amide bonds. The van der Waals surface area contributed by atoms with Crippen molar-refractivity contribution in [1.29, 1.82) is 0 Å². The van der Waals surface area contributed by atoms with Crippen molar-refractivity contribution in [2.24, 2.45) is 11.8 Å². The molecule has 1 saturated heterocycles. The second-order valence-electron chi connectivity index (χ2n) is 6.88. The van der Waals surface area contributed by atoms with E-state index < -0.39 is 0 Å². The lowest BCUT2D eigenvalue weighted by Crippen LogP contribution is -2.34. The van der Waals surface area contributed by atoms with E-state index >= 15 is 0 Å². The molecule has 1 fully saturated rings. The Morgan fingerprint density at radius 1 is 1.16 bits per heavy atom. The third kappa shape index (κ3) is 3.13. The smallest absolute Gasteiger partial charge is 0.233 e. The van der Waals surface area contributed by atoms with Crippen LogP contribution in [-0.4, -0.2) is 34.2 Å². The number of hydrogen-bond acceptors (Lipinski definition) is 5. The maximum Gasteiger partial charge on any atom is 0.233 e. The molecular formula is C18H21N3O3S. The first-order valence-corrected chi connectivity index (χ1v) is 9.74. The van der Waals surface area contributed by atoms with E-state index in [1.807, 2.05) is 12.2 Å². The highest BCUT2D eigenvalue weighted by Gasteiger charge is 2.46. The Kier molecular flexibility index (Phi) is 4.41. The molecule has 0 spiro atoms. The first kappa shape index (κ1) is 16.4. The molecule has 2 atom stereocenters. The van der Waals surface area contributed by atoms with E-state index in [4.69, 9.17) is 0 Å². The van der Waals surface area contributed by atoms with E-state index in [2.05, 4.69) is 10.3 Å². The van der Waals surface area contributed by atoms with Crippen molar-refractivity contribution in [3.8, 4) is 0 Å². The molecule has 0 radical (unpaired) electrons. The monoisotopic (exact) mass is 359 g/mol. The van der Waals surface area contributed by atoms with Gasteiger partial charge in [-0.15, -0.1) is 11.3 Å². The summed E-state index contributed by atoms with van der Waals surface area (Å²) in [5, 5.41) is 3.46. The first-order chi connectivity index (χ1) is 12.1. The Morgan fingerprint density at radius 3 is 2.52 bits per heavy atom. The Balaban J connectivity index is 1.33. The second kappa shape index (κ2) is 6.71. The van der Waals surface area contributed by atoms with Gasteiger partial charge in [0.1, 0.15) is 0 Å². The van der Waals surface area contributed by atoms with Gasteiger partial charge in [-0.2, -0.15) is 0 Å². The number of carbonyl (C=O) groups is 3. The highest BCUT2D eigenvalue weighted by Crippen LogP contribution is 2.35. The van der Waals surface area contributed by atoms with Crippen LogP contribution < -0.4 is 5.32 Å². The third-order valence-electron chi connectivity index (χ3n) is 5.25. The molecule has 0 aromatic carbocycles. The van der Waals surface area contributed by atoms with Crippen molar-refractivity contribution in [3.05, 3.63) is 22.7 Å². The minimum absolute atomic E-state index is 0.120. The highest BCUT2D eigenvalue weighted by molar-refractivity contribution is 7.15. The topological polar surface area (TPSA) is 79.4 Å². The van der Waals surface area contributed by atoms with Crippen LogP contribution in [0.2, 0.25) is 0 Å². The summed E-state index contributed by atoms with van der Waals surface area (Å²) in [5.41, 5.74) is 1.10. The van der Waals surface area contributed by atoms with Gasteiger partial charge in [-0.3, -0.25) is 19.3 Å². The number of likely N-dealkylation sites (tertiary alicyclic amines) is 1. The third-order valence-corrected chi connectivity index (χ3v) is 6.33. The minimum atomic E-state index is -0.230. The molecule has 6 nitrogen and oxygen atoms in total. The van der Waals surface area contributed by atoms with Gasteiger partial charge in [0.15, 0.2) is 5.13 Å². The first-order valence-electron chi connectivity index (χ1n) is 8.92. The molecule has 7 heteroatoms. The molecule has 1 aromatic heterocycles. The number of allylic oxidation sites excluding steroid dienone is 2. The fourth-order valence-electron chi connectivity index (χ4n) is 3.89. The predicted octanol–water partition coefficient (Wildman–Crippen LogP) is 2.30. The van der Waals surface area contributed by atoms with Crippen LogP contribution in [0.3, 0.4) is 0 Å². The zero-order chi connectivity index (χ0) is 17.4. The van der Waals surface area contributed by atoms with Crippen LogP contribution in [-0.2, 0) is 27.2 Å². The average molecular weight is 359 g/mol. The van der Waals surface area contributed by atoms with Gasteiger partial charge in [-0.25, -0.2) is 4.98 Å². The number of aryl methyl sites for hydroxylation is 2. The molecule has 3 aliphatic rings. The van der Waals surface area contributed by atoms with Crippen LogP contribution in [0.15, 0.2) is 12.2 Å². The summed E-state index contributed by atoms with van der Waals surface area (Å²) in [4.78, 5) is 44.0. The highest BCUT2D eigenvalue weighted by atomic mass is 32.1. The lowest BCUT2D eigenvalue weighted by atomic mass is 9.85. The number of imide groups is 1. The zero-order valence-electron chi connectivity index (χ0n) is 14.0. The van der Waals surface area contributed by atoms with Crippen molar-refractivity contribution >= 4 is 34.2 Å². The quantitative estimate of drug-likeness (QED) is 0.661. The van der Waals surface area contributed by atoms with E-state index in [1.165, 1.54) is 16.2 Å². The number of carbonyl (C=O) groups excluding carboxylic acids is 3. The number of nitrogens with one attached hydrogen (secondary N) is 1. The fourth-order valence-corrected chi connectivity index (χ4v) is 4.96. The van der Waals surface area contributed by atoms with Crippen molar-refractivity contribution in [2.45, 2.75) is 44.9 Å². The van der Waals surface area contributed by atoms with Crippen molar-refractivity contribution < 1.29 is 14.4 Å². The molecule has 1 aromatic rings. The van der Waals surface area contributed by atoms with E-state index in [0.29, 0.717) is 18.0 Å². The molecule has 1 aliphatic heterocycles. The Hall–Kier alpha value is -2.02. The second-order valence-corrected chi connectivity index (χ2v) is 7.96. The maximum atomic E-state index is 12.4. The number of thiazole rings is 1. The number of aromatic nitrogens is 1. The molecule has 0 unspecified atom stereocenters. The predicted molar refractivity (Wildman–Crippen MR) is 94.1 cm³/mol. The van der Waals surface area contributed by atoms with E-state index in [-0.39, 0.29) is 42.5 Å². The SMILES string of the molecule is O=C(CCN1C(=O)[C@H]2CC=CC[C@H]2C1=O)Nc1nc2c(s1)CCCC2. The average Bonchev–Trinajstić information content (AvgIpc) is 3.13. The molecule has 2 aliphatic carbocycles. The summed E-state index contributed by atoms with van der Waals surface area (Å²) in [6.07, 6.45) is 9.66. The van der Waals surface area contributed by atoms with Gasteiger partial charge in [-0.05, 0) is 38.5 Å². The Morgan fingerprint density at radius 2 is 1.84 bits per heavy atom.